The second kappa shape index (κ2) is 8.87. The van der Waals surface area contributed by atoms with Crippen molar-refractivity contribution < 1.29 is 18.7 Å². The van der Waals surface area contributed by atoms with Crippen LogP contribution in [0, 0.1) is 5.82 Å². The van der Waals surface area contributed by atoms with E-state index < -0.39 is 12.2 Å². The molecule has 0 aliphatic rings. The summed E-state index contributed by atoms with van der Waals surface area (Å²) in [6, 6.07) is 21.1. The van der Waals surface area contributed by atoms with E-state index in [1.807, 2.05) is 55.5 Å². The number of nitrogens with one attached hydrogen (secondary N) is 1. The van der Waals surface area contributed by atoms with Crippen LogP contribution in [0.2, 0.25) is 0 Å². The van der Waals surface area contributed by atoms with Crippen molar-refractivity contribution in [1.82, 2.24) is 15.1 Å². The van der Waals surface area contributed by atoms with Crippen molar-refractivity contribution in [2.45, 2.75) is 19.1 Å². The zero-order valence-corrected chi connectivity index (χ0v) is 17.2. The van der Waals surface area contributed by atoms with E-state index in [2.05, 4.69) is 10.4 Å². The molecule has 2 atom stereocenters. The molecule has 1 heterocycles. The van der Waals surface area contributed by atoms with E-state index in [9.17, 15) is 9.18 Å². The molecule has 158 valence electrons. The highest BCUT2D eigenvalue weighted by atomic mass is 19.1. The van der Waals surface area contributed by atoms with Crippen molar-refractivity contribution in [3.63, 3.8) is 0 Å². The molecule has 1 amide bonds. The lowest BCUT2D eigenvalue weighted by atomic mass is 10.0. The van der Waals surface area contributed by atoms with Crippen molar-refractivity contribution in [3.05, 3.63) is 90.4 Å². The first-order valence-corrected chi connectivity index (χ1v) is 9.85. The summed E-state index contributed by atoms with van der Waals surface area (Å²) in [6.45, 7) is 1.86. The fraction of sp³-hybridized carbons (Fsp3) is 0.167. The van der Waals surface area contributed by atoms with Gasteiger partial charge in [-0.25, -0.2) is 13.9 Å². The number of benzene rings is 3. The molecule has 0 unspecified atom stereocenters. The summed E-state index contributed by atoms with van der Waals surface area (Å²) >= 11 is 0. The molecule has 1 aromatic heterocycles. The van der Waals surface area contributed by atoms with Crippen LogP contribution >= 0.6 is 0 Å². The number of hydrogen-bond donors (Lipinski definition) is 1. The predicted octanol–water partition coefficient (Wildman–Crippen LogP) is 5.03. The molecule has 0 aliphatic carbocycles. The lowest BCUT2D eigenvalue weighted by Gasteiger charge is -2.26. The van der Waals surface area contributed by atoms with E-state index in [4.69, 9.17) is 9.47 Å². The SMILES string of the molecule is COC(=O)N[C@@H](C)[C@@H](Oc1ccc2c(cnn2-c2ccc(F)cc2)c1)c1ccccc1. The molecule has 3 aromatic carbocycles. The largest absolute Gasteiger partial charge is 0.484 e. The Balaban J connectivity index is 1.63. The fourth-order valence-corrected chi connectivity index (χ4v) is 3.44. The zero-order valence-electron chi connectivity index (χ0n) is 17.2. The van der Waals surface area contributed by atoms with Gasteiger partial charge < -0.3 is 14.8 Å². The Labute approximate surface area is 179 Å². The molecule has 0 fully saturated rings. The second-order valence-corrected chi connectivity index (χ2v) is 7.13. The molecule has 0 bridgehead atoms. The monoisotopic (exact) mass is 419 g/mol. The van der Waals surface area contributed by atoms with Gasteiger partial charge >= 0.3 is 6.09 Å². The van der Waals surface area contributed by atoms with Gasteiger partial charge in [-0.3, -0.25) is 0 Å². The number of hydrogen-bond acceptors (Lipinski definition) is 4. The smallest absolute Gasteiger partial charge is 0.407 e. The van der Waals surface area contributed by atoms with Crippen LogP contribution in [0.3, 0.4) is 0 Å². The molecule has 1 N–H and O–H groups in total. The average Bonchev–Trinajstić information content (AvgIpc) is 3.21. The summed E-state index contributed by atoms with van der Waals surface area (Å²) in [7, 11) is 1.33. The van der Waals surface area contributed by atoms with Crippen molar-refractivity contribution >= 4 is 17.0 Å². The van der Waals surface area contributed by atoms with Crippen molar-refractivity contribution in [2.75, 3.05) is 7.11 Å². The number of amides is 1. The molecular formula is C24H22FN3O3. The Bertz CT molecular complexity index is 1180. The molecule has 6 nitrogen and oxygen atoms in total. The van der Waals surface area contributed by atoms with Crippen LogP contribution in [0.25, 0.3) is 16.6 Å². The number of fused-ring (bicyclic) bond motifs is 1. The number of aromatic nitrogens is 2. The van der Waals surface area contributed by atoms with Gasteiger partial charge in [0, 0.05) is 5.39 Å². The quantitative estimate of drug-likeness (QED) is 0.476. The number of methoxy groups -OCH3 is 1. The second-order valence-electron chi connectivity index (χ2n) is 7.13. The maximum absolute atomic E-state index is 13.2. The highest BCUT2D eigenvalue weighted by Crippen LogP contribution is 2.29. The minimum atomic E-state index is -0.520. The molecule has 0 saturated heterocycles. The van der Waals surface area contributed by atoms with Crippen LogP contribution in [-0.2, 0) is 4.74 Å². The minimum Gasteiger partial charge on any atom is -0.484 e. The number of nitrogens with zero attached hydrogens (tertiary/aromatic N) is 2. The maximum atomic E-state index is 13.2. The summed E-state index contributed by atoms with van der Waals surface area (Å²) in [5, 5.41) is 8.08. The summed E-state index contributed by atoms with van der Waals surface area (Å²) < 4.78 is 26.0. The Morgan fingerprint density at radius 3 is 2.52 bits per heavy atom. The minimum absolute atomic E-state index is 0.294. The third-order valence-corrected chi connectivity index (χ3v) is 4.99. The Morgan fingerprint density at radius 1 is 1.06 bits per heavy atom. The van der Waals surface area contributed by atoms with Gasteiger partial charge in [0.05, 0.1) is 30.6 Å². The molecular weight excluding hydrogens is 397 g/mol. The van der Waals surface area contributed by atoms with Gasteiger partial charge in [-0.2, -0.15) is 5.10 Å². The lowest BCUT2D eigenvalue weighted by molar-refractivity contribution is 0.135. The molecule has 0 aliphatic heterocycles. The van der Waals surface area contributed by atoms with E-state index in [1.165, 1.54) is 19.2 Å². The first-order chi connectivity index (χ1) is 15.0. The van der Waals surface area contributed by atoms with Crippen LogP contribution in [0.5, 0.6) is 5.75 Å². The number of carbonyl (C=O) groups excluding carboxylic acids is 1. The van der Waals surface area contributed by atoms with E-state index in [0.29, 0.717) is 5.75 Å². The van der Waals surface area contributed by atoms with Gasteiger partial charge in [0.1, 0.15) is 17.7 Å². The Kier molecular flexibility index (Phi) is 5.84. The van der Waals surface area contributed by atoms with Gasteiger partial charge in [0.15, 0.2) is 0 Å². The van der Waals surface area contributed by atoms with Crippen LogP contribution in [0.15, 0.2) is 79.0 Å². The number of carbonyl (C=O) groups is 1. The number of halogens is 1. The van der Waals surface area contributed by atoms with Gasteiger partial charge in [-0.15, -0.1) is 0 Å². The van der Waals surface area contributed by atoms with Crippen molar-refractivity contribution in [3.8, 4) is 11.4 Å². The summed E-state index contributed by atoms with van der Waals surface area (Å²) in [5.41, 5.74) is 2.56. The third-order valence-electron chi connectivity index (χ3n) is 4.99. The topological polar surface area (TPSA) is 65.4 Å². The van der Waals surface area contributed by atoms with E-state index in [-0.39, 0.29) is 11.9 Å². The van der Waals surface area contributed by atoms with Gasteiger partial charge in [0.2, 0.25) is 0 Å². The summed E-state index contributed by atoms with van der Waals surface area (Å²) in [4.78, 5) is 11.7. The molecule has 7 heteroatoms. The molecule has 4 aromatic rings. The Hall–Kier alpha value is -3.87. The average molecular weight is 419 g/mol. The summed E-state index contributed by atoms with van der Waals surface area (Å²) in [5.74, 6) is 0.344. The van der Waals surface area contributed by atoms with E-state index >= 15 is 0 Å². The Morgan fingerprint density at radius 2 is 1.81 bits per heavy atom. The van der Waals surface area contributed by atoms with Crippen LogP contribution < -0.4 is 10.1 Å². The highest BCUT2D eigenvalue weighted by Gasteiger charge is 2.23. The number of rotatable bonds is 6. The highest BCUT2D eigenvalue weighted by molar-refractivity contribution is 5.81. The standard InChI is InChI=1S/C24H22FN3O3/c1-16(27-24(29)30-2)23(17-6-4-3-5-7-17)31-21-12-13-22-18(14-21)15-26-28(22)20-10-8-19(25)9-11-20/h3-16,23H,1-2H3,(H,27,29)/t16-,23+/m0/s1. The van der Waals surface area contributed by atoms with Gasteiger partial charge in [-0.05, 0) is 55.0 Å². The number of ether oxygens (including phenoxy) is 2. The lowest BCUT2D eigenvalue weighted by Crippen LogP contribution is -2.39. The van der Waals surface area contributed by atoms with E-state index in [1.54, 1.807) is 23.0 Å². The van der Waals surface area contributed by atoms with Gasteiger partial charge in [-0.1, -0.05) is 30.3 Å². The van der Waals surface area contributed by atoms with E-state index in [0.717, 1.165) is 22.2 Å². The summed E-state index contributed by atoms with van der Waals surface area (Å²) in [6.07, 6.45) is 0.789. The maximum Gasteiger partial charge on any atom is 0.407 e. The third kappa shape index (κ3) is 4.50. The first kappa shape index (κ1) is 20.4. The normalized spacial score (nSPS) is 12.9. The molecule has 31 heavy (non-hydrogen) atoms. The number of alkyl carbamates (subject to hydrolysis) is 1. The molecule has 4 rings (SSSR count). The fourth-order valence-electron chi connectivity index (χ4n) is 3.44. The van der Waals surface area contributed by atoms with Crippen LogP contribution in [-0.4, -0.2) is 29.0 Å². The van der Waals surface area contributed by atoms with Gasteiger partial charge in [0.25, 0.3) is 0 Å². The van der Waals surface area contributed by atoms with Crippen LogP contribution in [0.4, 0.5) is 9.18 Å². The predicted molar refractivity (Wildman–Crippen MR) is 116 cm³/mol. The molecule has 0 saturated carbocycles. The zero-order chi connectivity index (χ0) is 21.8. The molecule has 0 spiro atoms. The van der Waals surface area contributed by atoms with Crippen molar-refractivity contribution in [2.24, 2.45) is 0 Å². The first-order valence-electron chi connectivity index (χ1n) is 9.85. The van der Waals surface area contributed by atoms with Crippen molar-refractivity contribution in [1.29, 1.82) is 0 Å². The van der Waals surface area contributed by atoms with Crippen LogP contribution in [0.1, 0.15) is 18.6 Å². The molecule has 0 radical (unpaired) electrons.